The minimum atomic E-state index is -3.87. The first kappa shape index (κ1) is 26.3. The molecule has 4 rings (SSSR count). The Balaban J connectivity index is 1.52. The van der Waals surface area contributed by atoms with E-state index in [4.69, 9.17) is 11.6 Å². The van der Waals surface area contributed by atoms with Gasteiger partial charge in [-0.25, -0.2) is 4.39 Å². The number of hydrogen-bond donors (Lipinski definition) is 2. The SMILES string of the molecule is CN(C)CC(=O)NC1CCN(S(=O)(=O)N2CCCc3ccc(NC(=O)c4c(F)cccc4Cl)cc32)C1. The van der Waals surface area contributed by atoms with E-state index < -0.39 is 21.9 Å². The van der Waals surface area contributed by atoms with Gasteiger partial charge in [0.25, 0.3) is 5.91 Å². The molecular weight excluding hydrogens is 509 g/mol. The third-order valence-corrected chi connectivity index (χ3v) is 8.43. The first-order valence-electron chi connectivity index (χ1n) is 11.7. The van der Waals surface area contributed by atoms with E-state index in [0.29, 0.717) is 43.7 Å². The number of hydrogen-bond acceptors (Lipinski definition) is 5. The van der Waals surface area contributed by atoms with Crippen LogP contribution in [0.25, 0.3) is 0 Å². The molecule has 2 aliphatic heterocycles. The average Bonchev–Trinajstić information content (AvgIpc) is 3.27. The van der Waals surface area contributed by atoms with Crippen LogP contribution < -0.4 is 14.9 Å². The van der Waals surface area contributed by atoms with Gasteiger partial charge in [-0.1, -0.05) is 23.7 Å². The molecule has 2 aromatic carbocycles. The van der Waals surface area contributed by atoms with Gasteiger partial charge in [0.15, 0.2) is 0 Å². The van der Waals surface area contributed by atoms with Gasteiger partial charge in [0.2, 0.25) is 5.91 Å². The van der Waals surface area contributed by atoms with Gasteiger partial charge < -0.3 is 15.5 Å². The fourth-order valence-electron chi connectivity index (χ4n) is 4.52. The predicted octanol–water partition coefficient (Wildman–Crippen LogP) is 2.48. The van der Waals surface area contributed by atoms with Gasteiger partial charge in [0.1, 0.15) is 5.82 Å². The van der Waals surface area contributed by atoms with E-state index in [1.54, 1.807) is 37.2 Å². The molecule has 2 heterocycles. The maximum atomic E-state index is 14.2. The predicted molar refractivity (Wildman–Crippen MR) is 137 cm³/mol. The Hall–Kier alpha value is -2.73. The summed E-state index contributed by atoms with van der Waals surface area (Å²) in [5.74, 6) is -1.62. The smallest absolute Gasteiger partial charge is 0.304 e. The monoisotopic (exact) mass is 537 g/mol. The summed E-state index contributed by atoms with van der Waals surface area (Å²) in [7, 11) is -0.282. The van der Waals surface area contributed by atoms with Gasteiger partial charge in [0.05, 0.1) is 22.8 Å². The van der Waals surface area contributed by atoms with Gasteiger partial charge in [-0.3, -0.25) is 13.9 Å². The third-order valence-electron chi connectivity index (χ3n) is 6.19. The van der Waals surface area contributed by atoms with Crippen molar-refractivity contribution in [1.29, 1.82) is 0 Å². The lowest BCUT2D eigenvalue weighted by atomic mass is 10.0. The van der Waals surface area contributed by atoms with Crippen LogP contribution in [0.15, 0.2) is 36.4 Å². The lowest BCUT2D eigenvalue weighted by molar-refractivity contribution is -0.122. The highest BCUT2D eigenvalue weighted by Crippen LogP contribution is 2.34. The minimum Gasteiger partial charge on any atom is -0.351 e. The molecule has 0 saturated carbocycles. The molecular formula is C24H29ClFN5O4S. The molecule has 2 amide bonds. The average molecular weight is 538 g/mol. The largest absolute Gasteiger partial charge is 0.351 e. The zero-order valence-corrected chi connectivity index (χ0v) is 21.7. The number of carbonyl (C=O) groups is 2. The number of anilines is 2. The van der Waals surface area contributed by atoms with Crippen molar-refractivity contribution >= 4 is 45.0 Å². The zero-order valence-electron chi connectivity index (χ0n) is 20.1. The summed E-state index contributed by atoms with van der Waals surface area (Å²) >= 11 is 6.01. The van der Waals surface area contributed by atoms with Crippen LogP contribution in [0, 0.1) is 5.82 Å². The van der Waals surface area contributed by atoms with E-state index in [9.17, 15) is 22.4 Å². The molecule has 0 aromatic heterocycles. The summed E-state index contributed by atoms with van der Waals surface area (Å²) in [5, 5.41) is 5.50. The highest BCUT2D eigenvalue weighted by atomic mass is 35.5. The number of halogens is 2. The molecule has 0 radical (unpaired) electrons. The number of rotatable bonds is 7. The summed E-state index contributed by atoms with van der Waals surface area (Å²) in [6, 6.07) is 8.74. The Morgan fingerprint density at radius 3 is 2.69 bits per heavy atom. The number of nitrogens with one attached hydrogen (secondary N) is 2. The van der Waals surface area contributed by atoms with Gasteiger partial charge in [-0.15, -0.1) is 0 Å². The van der Waals surface area contributed by atoms with Crippen molar-refractivity contribution in [2.75, 3.05) is 49.9 Å². The second kappa shape index (κ2) is 10.7. The number of benzene rings is 2. The number of amides is 2. The molecule has 2 N–H and O–H groups in total. The van der Waals surface area contributed by atoms with Crippen LogP contribution in [0.3, 0.4) is 0 Å². The van der Waals surface area contributed by atoms with Crippen molar-refractivity contribution in [3.8, 4) is 0 Å². The fourth-order valence-corrected chi connectivity index (χ4v) is 6.53. The van der Waals surface area contributed by atoms with Crippen LogP contribution in [0.4, 0.5) is 15.8 Å². The summed E-state index contributed by atoms with van der Waals surface area (Å²) in [6.45, 7) is 1.01. The second-order valence-electron chi connectivity index (χ2n) is 9.23. The quantitative estimate of drug-likeness (QED) is 0.565. The summed E-state index contributed by atoms with van der Waals surface area (Å²) in [4.78, 5) is 26.5. The zero-order chi connectivity index (χ0) is 26.0. The molecule has 9 nitrogen and oxygen atoms in total. The van der Waals surface area contributed by atoms with Crippen molar-refractivity contribution in [3.05, 3.63) is 58.4 Å². The first-order chi connectivity index (χ1) is 17.1. The maximum absolute atomic E-state index is 14.2. The highest BCUT2D eigenvalue weighted by Gasteiger charge is 2.38. The van der Waals surface area contributed by atoms with Gasteiger partial charge in [-0.2, -0.15) is 12.7 Å². The van der Waals surface area contributed by atoms with Crippen LogP contribution in [-0.4, -0.2) is 75.8 Å². The van der Waals surface area contributed by atoms with E-state index in [1.165, 1.54) is 20.7 Å². The molecule has 1 fully saturated rings. The molecule has 0 bridgehead atoms. The molecule has 0 spiro atoms. The van der Waals surface area contributed by atoms with Crippen LogP contribution in [-0.2, 0) is 21.4 Å². The van der Waals surface area contributed by atoms with Gasteiger partial charge >= 0.3 is 10.2 Å². The summed E-state index contributed by atoms with van der Waals surface area (Å²) in [5.41, 5.74) is 1.36. The van der Waals surface area contributed by atoms with Crippen molar-refractivity contribution in [3.63, 3.8) is 0 Å². The molecule has 194 valence electrons. The summed E-state index contributed by atoms with van der Waals surface area (Å²) in [6.07, 6.45) is 1.87. The van der Waals surface area contributed by atoms with Crippen LogP contribution >= 0.6 is 11.6 Å². The maximum Gasteiger partial charge on any atom is 0.304 e. The van der Waals surface area contributed by atoms with Crippen molar-refractivity contribution in [1.82, 2.24) is 14.5 Å². The lowest BCUT2D eigenvalue weighted by Gasteiger charge is -2.34. The van der Waals surface area contributed by atoms with Gasteiger partial charge in [-0.05, 0) is 63.2 Å². The molecule has 1 atom stereocenters. The summed E-state index contributed by atoms with van der Waals surface area (Å²) < 4.78 is 44.1. The van der Waals surface area contributed by atoms with Crippen molar-refractivity contribution < 1.29 is 22.4 Å². The molecule has 2 aliphatic rings. The van der Waals surface area contributed by atoms with Crippen molar-refractivity contribution in [2.45, 2.75) is 25.3 Å². The van der Waals surface area contributed by atoms with E-state index in [2.05, 4.69) is 10.6 Å². The minimum absolute atomic E-state index is 0.0177. The Bertz CT molecular complexity index is 1250. The highest BCUT2D eigenvalue weighted by molar-refractivity contribution is 7.90. The van der Waals surface area contributed by atoms with E-state index >= 15 is 0 Å². The van der Waals surface area contributed by atoms with Crippen LogP contribution in [0.1, 0.15) is 28.8 Å². The second-order valence-corrected chi connectivity index (χ2v) is 11.5. The molecule has 2 aromatic rings. The number of likely N-dealkylation sites (N-methyl/N-ethyl adjacent to an activating group) is 1. The van der Waals surface area contributed by atoms with Gasteiger partial charge in [0, 0.05) is 31.4 Å². The fraction of sp³-hybridized carbons (Fsp3) is 0.417. The molecule has 1 unspecified atom stereocenters. The topological polar surface area (TPSA) is 102 Å². The van der Waals surface area contributed by atoms with Crippen molar-refractivity contribution in [2.24, 2.45) is 0 Å². The molecule has 36 heavy (non-hydrogen) atoms. The van der Waals surface area contributed by atoms with E-state index in [0.717, 1.165) is 11.6 Å². The number of carbonyl (C=O) groups excluding carboxylic acids is 2. The standard InChI is InChI=1S/C24H29ClFN5O4S/c1-29(2)15-22(32)27-18-10-12-30(14-18)36(34,35)31-11-4-5-16-8-9-17(13-21(16)31)28-24(33)23-19(25)6-3-7-20(23)26/h3,6-9,13,18H,4-5,10-12,14-15H2,1-2H3,(H,27,32)(H,28,33). The third kappa shape index (κ3) is 5.64. The number of fused-ring (bicyclic) bond motifs is 1. The normalized spacial score (nSPS) is 18.2. The van der Waals surface area contributed by atoms with E-state index in [1.807, 2.05) is 0 Å². The van der Waals surface area contributed by atoms with Crippen LogP contribution in [0.2, 0.25) is 5.02 Å². The number of nitrogens with zero attached hydrogens (tertiary/aromatic N) is 3. The van der Waals surface area contributed by atoms with E-state index in [-0.39, 0.29) is 35.6 Å². The molecule has 0 aliphatic carbocycles. The molecule has 1 saturated heterocycles. The molecule has 12 heteroatoms. The van der Waals surface area contributed by atoms with Crippen LogP contribution in [0.5, 0.6) is 0 Å². The Morgan fingerprint density at radius 2 is 1.97 bits per heavy atom. The number of aryl methyl sites for hydroxylation is 1. The first-order valence-corrected chi connectivity index (χ1v) is 13.4. The Kier molecular flexibility index (Phi) is 7.84. The Labute approximate surface area is 215 Å². The lowest BCUT2D eigenvalue weighted by Crippen LogP contribution is -2.47. The Morgan fingerprint density at radius 1 is 1.19 bits per heavy atom.